The lowest BCUT2D eigenvalue weighted by Gasteiger charge is -2.10. The Morgan fingerprint density at radius 3 is 2.77 bits per heavy atom. The number of amides is 2. The Morgan fingerprint density at radius 2 is 2.08 bits per heavy atom. The van der Waals surface area contributed by atoms with Crippen molar-refractivity contribution in [3.8, 4) is 5.75 Å². The van der Waals surface area contributed by atoms with Crippen LogP contribution in [0.1, 0.15) is 16.9 Å². The van der Waals surface area contributed by atoms with E-state index in [2.05, 4.69) is 22.2 Å². The monoisotopic (exact) mass is 377 g/mol. The Balaban J connectivity index is 1.66. The van der Waals surface area contributed by atoms with Crippen LogP contribution < -0.4 is 15.4 Å². The molecule has 6 nitrogen and oxygen atoms in total. The fraction of sp³-hybridized carbons (Fsp3) is 0.167. The summed E-state index contributed by atoms with van der Waals surface area (Å²) in [6.07, 6.45) is 1.87. The summed E-state index contributed by atoms with van der Waals surface area (Å²) in [5.41, 5.74) is 0.725. The minimum absolute atomic E-state index is 0.0203. The highest BCUT2D eigenvalue weighted by atomic mass is 35.5. The second kappa shape index (κ2) is 9.53. The summed E-state index contributed by atoms with van der Waals surface area (Å²) >= 11 is 5.56. The number of ether oxygens (including phenoxy) is 1. The predicted molar refractivity (Wildman–Crippen MR) is 95.4 cm³/mol. The van der Waals surface area contributed by atoms with Gasteiger partial charge in [-0.2, -0.15) is 0 Å². The second-order valence-electron chi connectivity index (χ2n) is 5.24. The molecule has 2 aromatic rings. The number of nitrogens with zero attached hydrogens (tertiary/aromatic N) is 1. The van der Waals surface area contributed by atoms with Gasteiger partial charge in [-0.05, 0) is 24.3 Å². The highest BCUT2D eigenvalue weighted by molar-refractivity contribution is 6.30. The van der Waals surface area contributed by atoms with Crippen LogP contribution in [0.5, 0.6) is 5.75 Å². The van der Waals surface area contributed by atoms with Gasteiger partial charge in [-0.3, -0.25) is 14.6 Å². The predicted octanol–water partition coefficient (Wildman–Crippen LogP) is 2.70. The van der Waals surface area contributed by atoms with Crippen molar-refractivity contribution in [1.82, 2.24) is 15.6 Å². The summed E-state index contributed by atoms with van der Waals surface area (Å²) in [5.74, 6) is -1.17. The van der Waals surface area contributed by atoms with E-state index in [1.807, 2.05) is 0 Å². The lowest BCUT2D eigenvalue weighted by Crippen LogP contribution is -2.31. The van der Waals surface area contributed by atoms with Crippen LogP contribution in [0.15, 0.2) is 54.9 Å². The first kappa shape index (κ1) is 19.4. The number of carbonyl (C=O) groups excluding carboxylic acids is 2. The van der Waals surface area contributed by atoms with E-state index in [9.17, 15) is 14.0 Å². The largest absolute Gasteiger partial charge is 0.484 e. The second-order valence-corrected chi connectivity index (χ2v) is 5.64. The van der Waals surface area contributed by atoms with Gasteiger partial charge >= 0.3 is 0 Å². The molecule has 0 aliphatic carbocycles. The molecule has 1 heterocycles. The van der Waals surface area contributed by atoms with E-state index in [1.54, 1.807) is 18.2 Å². The van der Waals surface area contributed by atoms with Crippen LogP contribution in [0, 0.1) is 5.82 Å². The topological polar surface area (TPSA) is 80.3 Å². The molecule has 0 saturated heterocycles. The number of hydrogen-bond acceptors (Lipinski definition) is 4. The molecule has 1 aromatic carbocycles. The summed E-state index contributed by atoms with van der Waals surface area (Å²) in [5, 5.41) is 5.20. The lowest BCUT2D eigenvalue weighted by atomic mass is 10.3. The van der Waals surface area contributed by atoms with Gasteiger partial charge in [0.15, 0.2) is 6.61 Å². The number of benzene rings is 1. The van der Waals surface area contributed by atoms with Crippen molar-refractivity contribution in [2.24, 2.45) is 0 Å². The average Bonchev–Trinajstić information content (AvgIpc) is 2.63. The molecule has 0 bridgehead atoms. The van der Waals surface area contributed by atoms with Crippen LogP contribution in [0.2, 0.25) is 5.02 Å². The van der Waals surface area contributed by atoms with Gasteiger partial charge in [0, 0.05) is 30.9 Å². The number of halogens is 2. The smallest absolute Gasteiger partial charge is 0.273 e. The van der Waals surface area contributed by atoms with E-state index in [0.717, 1.165) is 6.07 Å². The number of rotatable bonds is 8. The van der Waals surface area contributed by atoms with E-state index in [4.69, 9.17) is 16.3 Å². The molecule has 2 rings (SSSR count). The standard InChI is InChI=1S/C18H17ClFN3O3/c1-12(23-18(25)16-4-2-3-8-21-16)7-9-22-17(24)11-26-13-5-6-14(19)15(20)10-13/h2-6,8,10H,1,7,9,11H2,(H,22,24)(H,23,25). The third-order valence-corrected chi connectivity index (χ3v) is 3.50. The molecule has 8 heteroatoms. The summed E-state index contributed by atoms with van der Waals surface area (Å²) in [6.45, 7) is 3.72. The first-order valence-corrected chi connectivity index (χ1v) is 8.08. The molecule has 26 heavy (non-hydrogen) atoms. The van der Waals surface area contributed by atoms with Gasteiger partial charge in [-0.25, -0.2) is 4.39 Å². The minimum atomic E-state index is -0.621. The molecule has 0 atom stereocenters. The molecule has 1 aromatic heterocycles. The maximum absolute atomic E-state index is 13.3. The summed E-state index contributed by atoms with van der Waals surface area (Å²) in [6, 6.07) is 8.91. The van der Waals surface area contributed by atoms with Crippen molar-refractivity contribution >= 4 is 23.4 Å². The van der Waals surface area contributed by atoms with E-state index in [0.29, 0.717) is 12.1 Å². The number of hydrogen-bond donors (Lipinski definition) is 2. The zero-order valence-electron chi connectivity index (χ0n) is 13.8. The molecule has 0 radical (unpaired) electrons. The zero-order valence-corrected chi connectivity index (χ0v) is 14.6. The molecule has 0 fully saturated rings. The van der Waals surface area contributed by atoms with Gasteiger partial charge in [-0.15, -0.1) is 0 Å². The lowest BCUT2D eigenvalue weighted by molar-refractivity contribution is -0.123. The third kappa shape index (κ3) is 6.18. The van der Waals surface area contributed by atoms with Crippen molar-refractivity contribution in [2.45, 2.75) is 6.42 Å². The Bertz CT molecular complexity index is 800. The fourth-order valence-corrected chi connectivity index (χ4v) is 2.02. The van der Waals surface area contributed by atoms with Crippen LogP contribution in [-0.2, 0) is 4.79 Å². The van der Waals surface area contributed by atoms with E-state index in [-0.39, 0.29) is 41.4 Å². The quantitative estimate of drug-likeness (QED) is 0.741. The zero-order chi connectivity index (χ0) is 18.9. The van der Waals surface area contributed by atoms with Crippen LogP contribution in [0.4, 0.5) is 4.39 Å². The van der Waals surface area contributed by atoms with E-state index in [1.165, 1.54) is 18.3 Å². The van der Waals surface area contributed by atoms with Crippen molar-refractivity contribution in [3.63, 3.8) is 0 Å². The van der Waals surface area contributed by atoms with Gasteiger partial charge in [-0.1, -0.05) is 24.2 Å². The third-order valence-electron chi connectivity index (χ3n) is 3.20. The Kier molecular flexibility index (Phi) is 7.11. The molecule has 2 amide bonds. The highest BCUT2D eigenvalue weighted by Crippen LogP contribution is 2.20. The van der Waals surface area contributed by atoms with Gasteiger partial charge < -0.3 is 15.4 Å². The molecule has 0 saturated carbocycles. The fourth-order valence-electron chi connectivity index (χ4n) is 1.90. The molecule has 2 N–H and O–H groups in total. The van der Waals surface area contributed by atoms with Crippen molar-refractivity contribution in [3.05, 3.63) is 71.4 Å². The van der Waals surface area contributed by atoms with Gasteiger partial charge in [0.2, 0.25) is 0 Å². The average molecular weight is 378 g/mol. The number of pyridine rings is 1. The number of aromatic nitrogens is 1. The van der Waals surface area contributed by atoms with Crippen LogP contribution >= 0.6 is 11.6 Å². The molecule has 0 aliphatic rings. The first-order valence-electron chi connectivity index (χ1n) is 7.70. The summed E-state index contributed by atoms with van der Waals surface area (Å²) in [7, 11) is 0. The van der Waals surface area contributed by atoms with E-state index < -0.39 is 5.82 Å². The maximum atomic E-state index is 13.3. The number of carbonyl (C=O) groups is 2. The Morgan fingerprint density at radius 1 is 1.27 bits per heavy atom. The maximum Gasteiger partial charge on any atom is 0.273 e. The van der Waals surface area contributed by atoms with E-state index >= 15 is 0 Å². The first-order chi connectivity index (χ1) is 12.5. The van der Waals surface area contributed by atoms with Gasteiger partial charge in [0.1, 0.15) is 17.3 Å². The molecular formula is C18H17ClFN3O3. The highest BCUT2D eigenvalue weighted by Gasteiger charge is 2.08. The van der Waals surface area contributed by atoms with Gasteiger partial charge in [0.25, 0.3) is 11.8 Å². The molecule has 0 spiro atoms. The molecule has 0 aliphatic heterocycles. The molecular weight excluding hydrogens is 361 g/mol. The summed E-state index contributed by atoms with van der Waals surface area (Å²) in [4.78, 5) is 27.5. The van der Waals surface area contributed by atoms with Crippen molar-refractivity contribution < 1.29 is 18.7 Å². The SMILES string of the molecule is C=C(CCNC(=O)COc1ccc(Cl)c(F)c1)NC(=O)c1ccccn1. The van der Waals surface area contributed by atoms with Crippen LogP contribution in [0.3, 0.4) is 0 Å². The minimum Gasteiger partial charge on any atom is -0.484 e. The van der Waals surface area contributed by atoms with Crippen molar-refractivity contribution in [2.75, 3.05) is 13.2 Å². The van der Waals surface area contributed by atoms with Crippen LogP contribution in [0.25, 0.3) is 0 Å². The normalized spacial score (nSPS) is 10.1. The van der Waals surface area contributed by atoms with Crippen molar-refractivity contribution in [1.29, 1.82) is 0 Å². The molecule has 0 unspecified atom stereocenters. The number of nitrogens with one attached hydrogen (secondary N) is 2. The Labute approximate surface area is 155 Å². The van der Waals surface area contributed by atoms with Gasteiger partial charge in [0.05, 0.1) is 5.02 Å². The summed E-state index contributed by atoms with van der Waals surface area (Å²) < 4.78 is 18.4. The van der Waals surface area contributed by atoms with Crippen LogP contribution in [-0.4, -0.2) is 29.9 Å². The Hall–Kier alpha value is -2.93. The molecule has 136 valence electrons.